The summed E-state index contributed by atoms with van der Waals surface area (Å²) in [6.07, 6.45) is 1.66. The van der Waals surface area contributed by atoms with Crippen LogP contribution in [0.3, 0.4) is 0 Å². The van der Waals surface area contributed by atoms with Crippen molar-refractivity contribution >= 4 is 6.03 Å². The normalized spacial score (nSPS) is 26.0. The van der Waals surface area contributed by atoms with E-state index in [-0.39, 0.29) is 17.7 Å². The molecule has 1 aromatic carbocycles. The van der Waals surface area contributed by atoms with Gasteiger partial charge in [-0.25, -0.2) is 4.79 Å². The summed E-state index contributed by atoms with van der Waals surface area (Å²) in [6, 6.07) is 7.98. The standard InChI is InChI=1S/C19H28N2O4/c1-3-24-17-6-4-5-16(11-17)7-9-20-18(22)21-12-15(2)25-19(13-21)8-10-23-14-19/h4-6,11,15H,3,7-10,12-14H2,1-2H3,(H,20,22). The Kier molecular flexibility index (Phi) is 5.81. The molecule has 0 saturated carbocycles. The largest absolute Gasteiger partial charge is 0.494 e. The summed E-state index contributed by atoms with van der Waals surface area (Å²) in [5.41, 5.74) is 0.836. The molecule has 2 atom stereocenters. The lowest BCUT2D eigenvalue weighted by atomic mass is 9.99. The van der Waals surface area contributed by atoms with Gasteiger partial charge in [0.1, 0.15) is 11.4 Å². The second kappa shape index (κ2) is 8.06. The topological polar surface area (TPSA) is 60.0 Å². The Balaban J connectivity index is 1.49. The van der Waals surface area contributed by atoms with Gasteiger partial charge < -0.3 is 24.4 Å². The van der Waals surface area contributed by atoms with Crippen LogP contribution in [0.2, 0.25) is 0 Å². The van der Waals surface area contributed by atoms with Crippen LogP contribution in [0.1, 0.15) is 25.8 Å². The second-order valence-corrected chi connectivity index (χ2v) is 6.86. The van der Waals surface area contributed by atoms with E-state index in [9.17, 15) is 4.79 Å². The van der Waals surface area contributed by atoms with Gasteiger partial charge in [-0.1, -0.05) is 12.1 Å². The summed E-state index contributed by atoms with van der Waals surface area (Å²) in [7, 11) is 0. The van der Waals surface area contributed by atoms with Crippen molar-refractivity contribution in [1.82, 2.24) is 10.2 Å². The quantitative estimate of drug-likeness (QED) is 0.886. The van der Waals surface area contributed by atoms with Gasteiger partial charge in [-0.3, -0.25) is 0 Å². The van der Waals surface area contributed by atoms with Crippen LogP contribution in [-0.4, -0.2) is 62.1 Å². The Labute approximate surface area is 149 Å². The predicted molar refractivity (Wildman–Crippen MR) is 95.0 cm³/mol. The molecule has 2 saturated heterocycles. The SMILES string of the molecule is CCOc1cccc(CCNC(=O)N2CC(C)OC3(CCOC3)C2)c1. The maximum Gasteiger partial charge on any atom is 0.317 e. The number of morpholine rings is 1. The molecule has 2 heterocycles. The van der Waals surface area contributed by atoms with E-state index < -0.39 is 0 Å². The van der Waals surface area contributed by atoms with Gasteiger partial charge in [-0.2, -0.15) is 0 Å². The highest BCUT2D eigenvalue weighted by Gasteiger charge is 2.43. The minimum absolute atomic E-state index is 0.0256. The number of hydrogen-bond acceptors (Lipinski definition) is 4. The Morgan fingerprint density at radius 2 is 2.36 bits per heavy atom. The van der Waals surface area contributed by atoms with Crippen molar-refractivity contribution in [2.45, 2.75) is 38.4 Å². The van der Waals surface area contributed by atoms with Crippen molar-refractivity contribution in [3.63, 3.8) is 0 Å². The Morgan fingerprint density at radius 1 is 1.48 bits per heavy atom. The number of carbonyl (C=O) groups excluding carboxylic acids is 1. The van der Waals surface area contributed by atoms with Crippen LogP contribution in [0, 0.1) is 0 Å². The smallest absolute Gasteiger partial charge is 0.317 e. The Hall–Kier alpha value is -1.79. The number of carbonyl (C=O) groups is 1. The highest BCUT2D eigenvalue weighted by atomic mass is 16.6. The fraction of sp³-hybridized carbons (Fsp3) is 0.632. The minimum atomic E-state index is -0.319. The maximum absolute atomic E-state index is 12.5. The molecular formula is C19H28N2O4. The molecule has 0 aromatic heterocycles. The molecule has 0 radical (unpaired) electrons. The lowest BCUT2D eigenvalue weighted by Gasteiger charge is -2.42. The van der Waals surface area contributed by atoms with E-state index in [1.807, 2.05) is 36.9 Å². The van der Waals surface area contributed by atoms with E-state index in [2.05, 4.69) is 11.4 Å². The molecular weight excluding hydrogens is 320 g/mol. The minimum Gasteiger partial charge on any atom is -0.494 e. The average molecular weight is 348 g/mol. The Bertz CT molecular complexity index is 587. The van der Waals surface area contributed by atoms with Crippen LogP contribution in [0.15, 0.2) is 24.3 Å². The first-order chi connectivity index (χ1) is 12.1. The lowest BCUT2D eigenvalue weighted by Crippen LogP contribution is -2.59. The predicted octanol–water partition coefficient (Wildman–Crippen LogP) is 2.22. The Morgan fingerprint density at radius 3 is 3.12 bits per heavy atom. The third-order valence-electron chi connectivity index (χ3n) is 4.66. The molecule has 1 spiro atoms. The molecule has 0 aliphatic carbocycles. The molecule has 25 heavy (non-hydrogen) atoms. The van der Waals surface area contributed by atoms with Crippen LogP contribution in [-0.2, 0) is 15.9 Å². The van der Waals surface area contributed by atoms with E-state index in [0.717, 1.165) is 24.2 Å². The monoisotopic (exact) mass is 348 g/mol. The summed E-state index contributed by atoms with van der Waals surface area (Å²) in [4.78, 5) is 14.4. The lowest BCUT2D eigenvalue weighted by molar-refractivity contribution is -0.137. The van der Waals surface area contributed by atoms with Gasteiger partial charge >= 0.3 is 6.03 Å². The molecule has 1 N–H and O–H groups in total. The van der Waals surface area contributed by atoms with Crippen molar-refractivity contribution in [1.29, 1.82) is 0 Å². The van der Waals surface area contributed by atoms with E-state index >= 15 is 0 Å². The van der Waals surface area contributed by atoms with Crippen molar-refractivity contribution in [3.05, 3.63) is 29.8 Å². The van der Waals surface area contributed by atoms with Crippen LogP contribution in [0.5, 0.6) is 5.75 Å². The first-order valence-electron chi connectivity index (χ1n) is 9.10. The van der Waals surface area contributed by atoms with Crippen molar-refractivity contribution in [3.8, 4) is 5.75 Å². The zero-order chi connectivity index (χ0) is 17.7. The molecule has 2 aliphatic heterocycles. The molecule has 1 aromatic rings. The molecule has 6 nitrogen and oxygen atoms in total. The zero-order valence-electron chi connectivity index (χ0n) is 15.1. The van der Waals surface area contributed by atoms with E-state index in [4.69, 9.17) is 14.2 Å². The van der Waals surface area contributed by atoms with Gasteiger partial charge in [0.15, 0.2) is 0 Å². The van der Waals surface area contributed by atoms with Gasteiger partial charge in [0.2, 0.25) is 0 Å². The zero-order valence-corrected chi connectivity index (χ0v) is 15.1. The highest BCUT2D eigenvalue weighted by Crippen LogP contribution is 2.29. The second-order valence-electron chi connectivity index (χ2n) is 6.86. The summed E-state index contributed by atoms with van der Waals surface area (Å²) in [5.74, 6) is 0.872. The molecule has 2 fully saturated rings. The molecule has 2 amide bonds. The van der Waals surface area contributed by atoms with Gasteiger partial charge in [0.05, 0.1) is 25.9 Å². The molecule has 3 rings (SSSR count). The van der Waals surface area contributed by atoms with Gasteiger partial charge in [-0.05, 0) is 38.0 Å². The number of urea groups is 1. The van der Waals surface area contributed by atoms with Crippen LogP contribution >= 0.6 is 0 Å². The van der Waals surface area contributed by atoms with Crippen molar-refractivity contribution < 1.29 is 19.0 Å². The van der Waals surface area contributed by atoms with Crippen molar-refractivity contribution in [2.75, 3.05) is 39.5 Å². The molecule has 6 heteroatoms. The highest BCUT2D eigenvalue weighted by molar-refractivity contribution is 5.74. The third kappa shape index (κ3) is 4.64. The summed E-state index contributed by atoms with van der Waals surface area (Å²) in [6.45, 7) is 7.74. The fourth-order valence-corrected chi connectivity index (χ4v) is 3.57. The number of ether oxygens (including phenoxy) is 3. The van der Waals surface area contributed by atoms with Crippen LogP contribution in [0.25, 0.3) is 0 Å². The molecule has 138 valence electrons. The van der Waals surface area contributed by atoms with Crippen molar-refractivity contribution in [2.24, 2.45) is 0 Å². The van der Waals surface area contributed by atoms with E-state index in [1.54, 1.807) is 0 Å². The van der Waals surface area contributed by atoms with Gasteiger partial charge in [-0.15, -0.1) is 0 Å². The number of amides is 2. The first kappa shape index (κ1) is 18.0. The summed E-state index contributed by atoms with van der Waals surface area (Å²) < 4.78 is 17.1. The maximum atomic E-state index is 12.5. The first-order valence-corrected chi connectivity index (χ1v) is 9.10. The average Bonchev–Trinajstić information content (AvgIpc) is 3.02. The summed E-state index contributed by atoms with van der Waals surface area (Å²) in [5, 5.41) is 3.03. The van der Waals surface area contributed by atoms with E-state index in [1.165, 1.54) is 0 Å². The number of nitrogens with one attached hydrogen (secondary N) is 1. The summed E-state index contributed by atoms with van der Waals surface area (Å²) >= 11 is 0. The molecule has 0 bridgehead atoms. The van der Waals surface area contributed by atoms with Gasteiger partial charge in [0.25, 0.3) is 0 Å². The number of rotatable bonds is 5. The number of nitrogens with zero attached hydrogens (tertiary/aromatic N) is 1. The molecule has 2 unspecified atom stereocenters. The van der Waals surface area contributed by atoms with Gasteiger partial charge in [0, 0.05) is 26.1 Å². The number of benzene rings is 1. The van der Waals surface area contributed by atoms with Crippen LogP contribution < -0.4 is 10.1 Å². The van der Waals surface area contributed by atoms with Crippen LogP contribution in [0.4, 0.5) is 4.79 Å². The third-order valence-corrected chi connectivity index (χ3v) is 4.66. The molecule has 2 aliphatic rings. The number of hydrogen-bond donors (Lipinski definition) is 1. The fourth-order valence-electron chi connectivity index (χ4n) is 3.57. The van der Waals surface area contributed by atoms with E-state index in [0.29, 0.717) is 39.5 Å².